The lowest BCUT2D eigenvalue weighted by Gasteiger charge is -2.34. The van der Waals surface area contributed by atoms with Crippen molar-refractivity contribution in [2.75, 3.05) is 6.61 Å². The van der Waals surface area contributed by atoms with Gasteiger partial charge in [-0.3, -0.25) is 4.68 Å². The van der Waals surface area contributed by atoms with Crippen LogP contribution >= 0.6 is 0 Å². The Morgan fingerprint density at radius 3 is 2.83 bits per heavy atom. The summed E-state index contributed by atoms with van der Waals surface area (Å²) in [6, 6.07) is 0.913. The fourth-order valence-corrected chi connectivity index (χ4v) is 2.56. The molecule has 0 radical (unpaired) electrons. The van der Waals surface area contributed by atoms with Crippen molar-refractivity contribution in [3.8, 4) is 0 Å². The van der Waals surface area contributed by atoms with E-state index in [0.29, 0.717) is 24.1 Å². The van der Waals surface area contributed by atoms with Crippen molar-refractivity contribution in [3.05, 3.63) is 18.0 Å². The number of nitrogens with one attached hydrogen (secondary N) is 1. The lowest BCUT2D eigenvalue weighted by molar-refractivity contribution is -0.0257. The summed E-state index contributed by atoms with van der Waals surface area (Å²) < 4.78 is 7.66. The standard InChI is InChI=1S/C14H25N3O/c1-10(2)14-7-13(5-6-18-14)16-11(3)12-8-15-17(4)9-12/h8-11,13-14,16H,5-7H2,1-4H3. The van der Waals surface area contributed by atoms with Gasteiger partial charge in [0.2, 0.25) is 0 Å². The molecule has 0 amide bonds. The topological polar surface area (TPSA) is 39.1 Å². The van der Waals surface area contributed by atoms with E-state index < -0.39 is 0 Å². The molecule has 0 bridgehead atoms. The molecule has 3 unspecified atom stereocenters. The van der Waals surface area contributed by atoms with E-state index >= 15 is 0 Å². The molecule has 0 spiro atoms. The summed E-state index contributed by atoms with van der Waals surface area (Å²) >= 11 is 0. The van der Waals surface area contributed by atoms with Crippen molar-refractivity contribution in [2.45, 2.75) is 51.8 Å². The molecule has 2 rings (SSSR count). The third kappa shape index (κ3) is 3.33. The summed E-state index contributed by atoms with van der Waals surface area (Å²) in [7, 11) is 1.96. The Balaban J connectivity index is 1.89. The van der Waals surface area contributed by atoms with Gasteiger partial charge in [0, 0.05) is 37.5 Å². The number of aromatic nitrogens is 2. The molecule has 1 N–H and O–H groups in total. The third-order valence-corrected chi connectivity index (χ3v) is 3.77. The Bertz CT molecular complexity index is 375. The Kier molecular flexibility index (Phi) is 4.40. The van der Waals surface area contributed by atoms with Gasteiger partial charge in [0.25, 0.3) is 0 Å². The van der Waals surface area contributed by atoms with Crippen molar-refractivity contribution < 1.29 is 4.74 Å². The van der Waals surface area contributed by atoms with E-state index in [9.17, 15) is 0 Å². The number of hydrogen-bond acceptors (Lipinski definition) is 3. The van der Waals surface area contributed by atoms with Gasteiger partial charge < -0.3 is 10.1 Å². The van der Waals surface area contributed by atoms with E-state index in [2.05, 4.69) is 37.4 Å². The first-order valence-electron chi connectivity index (χ1n) is 6.92. The summed E-state index contributed by atoms with van der Waals surface area (Å²) in [5, 5.41) is 7.93. The van der Waals surface area contributed by atoms with Crippen LogP contribution in [-0.4, -0.2) is 28.5 Å². The Hall–Kier alpha value is -0.870. The number of hydrogen-bond donors (Lipinski definition) is 1. The molecule has 3 atom stereocenters. The molecular formula is C14H25N3O. The molecular weight excluding hydrogens is 226 g/mol. The predicted molar refractivity (Wildman–Crippen MR) is 72.4 cm³/mol. The van der Waals surface area contributed by atoms with Gasteiger partial charge in [-0.05, 0) is 25.7 Å². The van der Waals surface area contributed by atoms with Gasteiger partial charge in [0.05, 0.1) is 12.3 Å². The molecule has 0 aromatic carbocycles. The SMILES string of the molecule is CC(NC1CCOC(C(C)C)C1)c1cnn(C)c1. The van der Waals surface area contributed by atoms with Crippen molar-refractivity contribution >= 4 is 0 Å². The number of ether oxygens (including phenoxy) is 1. The zero-order valence-electron chi connectivity index (χ0n) is 11.9. The van der Waals surface area contributed by atoms with Crippen LogP contribution in [-0.2, 0) is 11.8 Å². The highest BCUT2D eigenvalue weighted by Crippen LogP contribution is 2.22. The largest absolute Gasteiger partial charge is 0.378 e. The molecule has 4 nitrogen and oxygen atoms in total. The van der Waals surface area contributed by atoms with Crippen LogP contribution in [0.5, 0.6) is 0 Å². The maximum absolute atomic E-state index is 5.80. The quantitative estimate of drug-likeness (QED) is 0.892. The van der Waals surface area contributed by atoms with Gasteiger partial charge in [0.1, 0.15) is 0 Å². The lowest BCUT2D eigenvalue weighted by atomic mass is 9.94. The average Bonchev–Trinajstić information content (AvgIpc) is 2.76. The maximum atomic E-state index is 5.80. The van der Waals surface area contributed by atoms with E-state index in [0.717, 1.165) is 19.4 Å². The third-order valence-electron chi connectivity index (χ3n) is 3.77. The molecule has 4 heteroatoms. The van der Waals surface area contributed by atoms with Gasteiger partial charge in [-0.2, -0.15) is 5.10 Å². The number of aryl methyl sites for hydroxylation is 1. The van der Waals surface area contributed by atoms with Crippen LogP contribution in [0.25, 0.3) is 0 Å². The predicted octanol–water partition coefficient (Wildman–Crippen LogP) is 2.27. The Morgan fingerprint density at radius 1 is 1.44 bits per heavy atom. The van der Waals surface area contributed by atoms with Gasteiger partial charge in [-0.15, -0.1) is 0 Å². The molecule has 18 heavy (non-hydrogen) atoms. The van der Waals surface area contributed by atoms with Crippen LogP contribution in [0.1, 0.15) is 45.2 Å². The Labute approximate surface area is 110 Å². The molecule has 1 aromatic heterocycles. The fourth-order valence-electron chi connectivity index (χ4n) is 2.56. The van der Waals surface area contributed by atoms with Gasteiger partial charge in [-0.1, -0.05) is 13.8 Å². The van der Waals surface area contributed by atoms with E-state index in [1.54, 1.807) is 0 Å². The molecule has 1 aliphatic heterocycles. The van der Waals surface area contributed by atoms with Crippen LogP contribution in [0.2, 0.25) is 0 Å². The van der Waals surface area contributed by atoms with Crippen molar-refractivity contribution in [1.82, 2.24) is 15.1 Å². The summed E-state index contributed by atoms with van der Waals surface area (Å²) in [5.41, 5.74) is 1.25. The summed E-state index contributed by atoms with van der Waals surface area (Å²) in [5.74, 6) is 0.600. The molecule has 1 aromatic rings. The summed E-state index contributed by atoms with van der Waals surface area (Å²) in [6.45, 7) is 7.55. The molecule has 0 saturated carbocycles. The highest BCUT2D eigenvalue weighted by molar-refractivity contribution is 5.09. The first-order valence-corrected chi connectivity index (χ1v) is 6.92. The maximum Gasteiger partial charge on any atom is 0.0612 e. The molecule has 1 saturated heterocycles. The average molecular weight is 251 g/mol. The first kappa shape index (κ1) is 13.6. The van der Waals surface area contributed by atoms with E-state index in [-0.39, 0.29) is 0 Å². The van der Waals surface area contributed by atoms with Crippen molar-refractivity contribution in [3.63, 3.8) is 0 Å². The normalized spacial score (nSPS) is 26.5. The smallest absolute Gasteiger partial charge is 0.0612 e. The molecule has 1 aliphatic rings. The second kappa shape index (κ2) is 5.85. The monoisotopic (exact) mass is 251 g/mol. The van der Waals surface area contributed by atoms with Crippen molar-refractivity contribution in [1.29, 1.82) is 0 Å². The second-order valence-corrected chi connectivity index (χ2v) is 5.71. The fraction of sp³-hybridized carbons (Fsp3) is 0.786. The molecule has 102 valence electrons. The zero-order valence-corrected chi connectivity index (χ0v) is 11.9. The van der Waals surface area contributed by atoms with E-state index in [4.69, 9.17) is 4.74 Å². The van der Waals surface area contributed by atoms with Crippen LogP contribution in [0.4, 0.5) is 0 Å². The minimum Gasteiger partial charge on any atom is -0.378 e. The minimum absolute atomic E-state index is 0.356. The van der Waals surface area contributed by atoms with Gasteiger partial charge >= 0.3 is 0 Å². The molecule has 0 aliphatic carbocycles. The van der Waals surface area contributed by atoms with Crippen LogP contribution in [0.15, 0.2) is 12.4 Å². The van der Waals surface area contributed by atoms with E-state index in [1.165, 1.54) is 5.56 Å². The molecule has 1 fully saturated rings. The summed E-state index contributed by atoms with van der Waals surface area (Å²) in [6.07, 6.45) is 6.64. The summed E-state index contributed by atoms with van der Waals surface area (Å²) in [4.78, 5) is 0. The minimum atomic E-state index is 0.356. The van der Waals surface area contributed by atoms with Gasteiger partial charge in [0.15, 0.2) is 0 Å². The zero-order chi connectivity index (χ0) is 13.1. The lowest BCUT2D eigenvalue weighted by Crippen LogP contribution is -2.41. The number of rotatable bonds is 4. The first-order chi connectivity index (χ1) is 8.56. The van der Waals surface area contributed by atoms with Crippen LogP contribution < -0.4 is 5.32 Å². The van der Waals surface area contributed by atoms with E-state index in [1.807, 2.05) is 17.9 Å². The number of nitrogens with zero attached hydrogens (tertiary/aromatic N) is 2. The molecule has 2 heterocycles. The highest BCUT2D eigenvalue weighted by Gasteiger charge is 2.25. The van der Waals surface area contributed by atoms with Crippen LogP contribution in [0.3, 0.4) is 0 Å². The van der Waals surface area contributed by atoms with Gasteiger partial charge in [-0.25, -0.2) is 0 Å². The second-order valence-electron chi connectivity index (χ2n) is 5.71. The highest BCUT2D eigenvalue weighted by atomic mass is 16.5. The van der Waals surface area contributed by atoms with Crippen LogP contribution in [0, 0.1) is 5.92 Å². The Morgan fingerprint density at radius 2 is 2.22 bits per heavy atom. The van der Waals surface area contributed by atoms with Crippen molar-refractivity contribution in [2.24, 2.45) is 13.0 Å².